The summed E-state index contributed by atoms with van der Waals surface area (Å²) in [5.74, 6) is -0.519. The number of aromatic nitrogens is 2. The van der Waals surface area contributed by atoms with Gasteiger partial charge in [-0.1, -0.05) is 39.7 Å². The summed E-state index contributed by atoms with van der Waals surface area (Å²) < 4.78 is 7.70. The molecule has 2 aromatic heterocycles. The number of carbonyl (C=O) groups is 1. The molecule has 3 rings (SSSR count). The smallest absolute Gasteiger partial charge is 0.408 e. The molecule has 0 radical (unpaired) electrons. The van der Waals surface area contributed by atoms with Crippen LogP contribution in [0.2, 0.25) is 5.02 Å². The Hall–Kier alpha value is -2.98. The summed E-state index contributed by atoms with van der Waals surface area (Å²) in [7, 11) is 0. The number of nitro groups is 1. The van der Waals surface area contributed by atoms with E-state index in [1.807, 2.05) is 24.3 Å². The molecule has 0 atom stereocenters. The summed E-state index contributed by atoms with van der Waals surface area (Å²) >= 11 is 9.26. The molecule has 0 saturated carbocycles. The van der Waals surface area contributed by atoms with E-state index in [9.17, 15) is 14.9 Å². The maximum Gasteiger partial charge on any atom is 0.408 e. The maximum atomic E-state index is 12.1. The van der Waals surface area contributed by atoms with E-state index in [1.54, 1.807) is 13.0 Å². The van der Waals surface area contributed by atoms with Crippen molar-refractivity contribution in [2.24, 2.45) is 5.10 Å². The lowest BCUT2D eigenvalue weighted by Gasteiger charge is -1.98. The molecule has 0 unspecified atom stereocenters. The molecule has 1 aromatic carbocycles. The Morgan fingerprint density at radius 2 is 2.25 bits per heavy atom. The van der Waals surface area contributed by atoms with E-state index in [2.05, 4.69) is 31.6 Å². The first-order chi connectivity index (χ1) is 13.3. The number of hydrogen-bond acceptors (Lipinski definition) is 6. The molecule has 3 aromatic rings. The number of rotatable bonds is 6. The number of furan rings is 1. The molecule has 11 heteroatoms. The van der Waals surface area contributed by atoms with Gasteiger partial charge in [0, 0.05) is 4.47 Å². The first-order valence-electron chi connectivity index (χ1n) is 7.90. The third kappa shape index (κ3) is 4.46. The average molecular weight is 467 g/mol. The highest BCUT2D eigenvalue weighted by Gasteiger charge is 2.24. The Labute approximate surface area is 172 Å². The third-order valence-corrected chi connectivity index (χ3v) is 4.64. The zero-order valence-electron chi connectivity index (χ0n) is 14.4. The van der Waals surface area contributed by atoms with Crippen molar-refractivity contribution in [2.75, 3.05) is 0 Å². The predicted molar refractivity (Wildman–Crippen MR) is 106 cm³/mol. The standard InChI is InChI=1S/C17H13BrClN5O4/c1-10-15(19)16(24(26)27)22-23(10)9-13-5-6-14(28-13)17(25)21-20-8-11-3-2-4-12(18)7-11/h2-8H,9H2,1H3,(H,21,25)/b20-8+. The largest absolute Gasteiger partial charge is 0.454 e. The second-order valence-electron chi connectivity index (χ2n) is 5.66. The van der Waals surface area contributed by atoms with Crippen molar-refractivity contribution in [3.05, 3.63) is 78.8 Å². The molecule has 9 nitrogen and oxygen atoms in total. The van der Waals surface area contributed by atoms with Crippen LogP contribution in [-0.2, 0) is 6.54 Å². The second-order valence-corrected chi connectivity index (χ2v) is 6.95. The summed E-state index contributed by atoms with van der Waals surface area (Å²) in [6.45, 7) is 1.70. The van der Waals surface area contributed by atoms with Crippen LogP contribution in [0.25, 0.3) is 0 Å². The number of nitrogens with zero attached hydrogens (tertiary/aromatic N) is 4. The molecule has 0 saturated heterocycles. The van der Waals surface area contributed by atoms with Crippen LogP contribution in [0.15, 0.2) is 50.4 Å². The van der Waals surface area contributed by atoms with Gasteiger partial charge in [-0.05, 0) is 41.7 Å². The van der Waals surface area contributed by atoms with E-state index in [4.69, 9.17) is 16.0 Å². The van der Waals surface area contributed by atoms with Crippen molar-refractivity contribution in [1.82, 2.24) is 15.2 Å². The molecule has 0 bridgehead atoms. The highest BCUT2D eigenvalue weighted by molar-refractivity contribution is 9.10. The molecule has 2 heterocycles. The van der Waals surface area contributed by atoms with Crippen LogP contribution >= 0.6 is 27.5 Å². The van der Waals surface area contributed by atoms with Gasteiger partial charge in [0.15, 0.2) is 10.8 Å². The Kier molecular flexibility index (Phi) is 5.90. The average Bonchev–Trinajstić information content (AvgIpc) is 3.22. The van der Waals surface area contributed by atoms with Crippen LogP contribution in [0.4, 0.5) is 5.82 Å². The van der Waals surface area contributed by atoms with Crippen LogP contribution in [0.5, 0.6) is 0 Å². The molecule has 0 aliphatic heterocycles. The van der Waals surface area contributed by atoms with Crippen LogP contribution in [-0.4, -0.2) is 26.8 Å². The lowest BCUT2D eigenvalue weighted by Crippen LogP contribution is -2.16. The molecule has 0 aliphatic rings. The van der Waals surface area contributed by atoms with Crippen molar-refractivity contribution >= 4 is 45.5 Å². The molecule has 0 fully saturated rings. The van der Waals surface area contributed by atoms with Crippen LogP contribution < -0.4 is 5.43 Å². The monoisotopic (exact) mass is 465 g/mol. The van der Waals surface area contributed by atoms with Crippen LogP contribution in [0.3, 0.4) is 0 Å². The Morgan fingerprint density at radius 1 is 1.46 bits per heavy atom. The number of benzene rings is 1. The van der Waals surface area contributed by atoms with Crippen molar-refractivity contribution in [3.63, 3.8) is 0 Å². The van der Waals surface area contributed by atoms with Crippen LogP contribution in [0, 0.1) is 17.0 Å². The van der Waals surface area contributed by atoms with Crippen molar-refractivity contribution in [1.29, 1.82) is 0 Å². The fourth-order valence-corrected chi connectivity index (χ4v) is 2.94. The fraction of sp³-hybridized carbons (Fsp3) is 0.118. The second kappa shape index (κ2) is 8.36. The van der Waals surface area contributed by atoms with Gasteiger partial charge in [0.05, 0.1) is 17.0 Å². The molecule has 0 aliphatic carbocycles. The first kappa shape index (κ1) is 19.8. The first-order valence-corrected chi connectivity index (χ1v) is 9.07. The molecule has 0 spiro atoms. The normalized spacial score (nSPS) is 11.1. The van der Waals surface area contributed by atoms with Gasteiger partial charge in [0.25, 0.3) is 0 Å². The highest BCUT2D eigenvalue weighted by Crippen LogP contribution is 2.27. The van der Waals surface area contributed by atoms with Gasteiger partial charge in [-0.15, -0.1) is 0 Å². The van der Waals surface area contributed by atoms with Crippen LogP contribution in [0.1, 0.15) is 27.6 Å². The SMILES string of the molecule is Cc1c(Cl)c([N+](=O)[O-])nn1Cc1ccc(C(=O)N/N=C/c2cccc(Br)c2)o1. The topological polar surface area (TPSA) is 116 Å². The number of carbonyl (C=O) groups excluding carboxylic acids is 1. The number of halogens is 2. The van der Waals surface area contributed by atoms with Crippen molar-refractivity contribution < 1.29 is 14.1 Å². The number of nitrogens with one attached hydrogen (secondary N) is 1. The predicted octanol–water partition coefficient (Wildman–Crippen LogP) is 3.92. The number of hydrogen-bond donors (Lipinski definition) is 1. The van der Waals surface area contributed by atoms with Gasteiger partial charge in [-0.25, -0.2) is 5.43 Å². The summed E-state index contributed by atoms with van der Waals surface area (Å²) in [6, 6.07) is 10.5. The van der Waals surface area contributed by atoms with Gasteiger partial charge in [-0.3, -0.25) is 4.79 Å². The number of amides is 1. The van der Waals surface area contributed by atoms with Gasteiger partial charge >= 0.3 is 11.7 Å². The van der Waals surface area contributed by atoms with E-state index in [0.29, 0.717) is 11.5 Å². The summed E-state index contributed by atoms with van der Waals surface area (Å²) in [5, 5.41) is 18.6. The maximum absolute atomic E-state index is 12.1. The van der Waals surface area contributed by atoms with E-state index in [1.165, 1.54) is 17.0 Å². The summed E-state index contributed by atoms with van der Waals surface area (Å²) in [4.78, 5) is 22.4. The van der Waals surface area contributed by atoms with Crippen molar-refractivity contribution in [2.45, 2.75) is 13.5 Å². The van der Waals surface area contributed by atoms with E-state index < -0.39 is 16.6 Å². The minimum absolute atomic E-state index is 0.0311. The fourth-order valence-electron chi connectivity index (χ4n) is 2.32. The molecule has 1 amide bonds. The lowest BCUT2D eigenvalue weighted by molar-refractivity contribution is -0.389. The van der Waals surface area contributed by atoms with Gasteiger partial charge < -0.3 is 14.5 Å². The quantitative estimate of drug-likeness (QED) is 0.336. The zero-order valence-corrected chi connectivity index (χ0v) is 16.8. The van der Waals surface area contributed by atoms with Gasteiger partial charge in [-0.2, -0.15) is 9.78 Å². The zero-order chi connectivity index (χ0) is 20.3. The van der Waals surface area contributed by atoms with Gasteiger partial charge in [0.1, 0.15) is 12.3 Å². The minimum atomic E-state index is -0.657. The molecular weight excluding hydrogens is 454 g/mol. The van der Waals surface area contributed by atoms with E-state index in [0.717, 1.165) is 10.0 Å². The highest BCUT2D eigenvalue weighted by atomic mass is 79.9. The third-order valence-electron chi connectivity index (χ3n) is 3.71. The number of hydrazone groups is 1. The van der Waals surface area contributed by atoms with E-state index >= 15 is 0 Å². The molecular formula is C17H13BrClN5O4. The summed E-state index contributed by atoms with van der Waals surface area (Å²) in [5.41, 5.74) is 3.61. The minimum Gasteiger partial charge on any atom is -0.454 e. The molecule has 144 valence electrons. The molecule has 28 heavy (non-hydrogen) atoms. The Morgan fingerprint density at radius 3 is 2.93 bits per heavy atom. The lowest BCUT2D eigenvalue weighted by atomic mass is 10.2. The molecule has 1 N–H and O–H groups in total. The Balaban J connectivity index is 1.66. The van der Waals surface area contributed by atoms with Crippen molar-refractivity contribution in [3.8, 4) is 0 Å². The Bertz CT molecular complexity index is 1080. The van der Waals surface area contributed by atoms with E-state index in [-0.39, 0.29) is 17.3 Å². The summed E-state index contributed by atoms with van der Waals surface area (Å²) in [6.07, 6.45) is 1.50. The van der Waals surface area contributed by atoms with Gasteiger partial charge in [0.2, 0.25) is 0 Å².